The Balaban J connectivity index is 1.25. The summed E-state index contributed by atoms with van der Waals surface area (Å²) in [4.78, 5) is 9.09. The van der Waals surface area contributed by atoms with Crippen molar-refractivity contribution >= 4 is 0 Å². The molecule has 2 aliphatic rings. The lowest BCUT2D eigenvalue weighted by Crippen LogP contribution is -2.26. The first-order chi connectivity index (χ1) is 14.8. The van der Waals surface area contributed by atoms with Crippen LogP contribution in [0.1, 0.15) is 57.4 Å². The minimum atomic E-state index is -0.129. The molecule has 0 spiro atoms. The summed E-state index contributed by atoms with van der Waals surface area (Å²) in [6.07, 6.45) is 12.2. The molecule has 3 unspecified atom stereocenters. The van der Waals surface area contributed by atoms with E-state index < -0.39 is 0 Å². The molecule has 2 aliphatic heterocycles. The number of hydrogen-bond donors (Lipinski definition) is 0. The van der Waals surface area contributed by atoms with Crippen LogP contribution in [0.5, 0.6) is 5.75 Å². The molecule has 2 aromatic rings. The molecule has 2 fully saturated rings. The molecule has 0 aliphatic carbocycles. The van der Waals surface area contributed by atoms with Gasteiger partial charge in [-0.3, -0.25) is 0 Å². The van der Waals surface area contributed by atoms with Crippen LogP contribution in [0.2, 0.25) is 0 Å². The standard InChI is InChI=1S/C24H32N2O4/c1-18(29-22-6-2-4-14-27-22)8-9-19-16-25-24(26-17-19)20-10-12-21(13-11-20)30-23-7-3-5-15-28-23/h10-13,16-18,22-23H,2-9,14-15H2,1H3. The van der Waals surface area contributed by atoms with E-state index >= 15 is 0 Å². The lowest BCUT2D eigenvalue weighted by Gasteiger charge is -2.26. The third kappa shape index (κ3) is 6.24. The van der Waals surface area contributed by atoms with Gasteiger partial charge in [-0.2, -0.15) is 0 Å². The van der Waals surface area contributed by atoms with Gasteiger partial charge in [0, 0.05) is 31.0 Å². The Morgan fingerprint density at radius 2 is 1.60 bits per heavy atom. The van der Waals surface area contributed by atoms with Crippen molar-refractivity contribution in [1.82, 2.24) is 9.97 Å². The largest absolute Gasteiger partial charge is 0.465 e. The van der Waals surface area contributed by atoms with Gasteiger partial charge in [0.1, 0.15) is 5.75 Å². The number of benzene rings is 1. The van der Waals surface area contributed by atoms with E-state index in [9.17, 15) is 0 Å². The van der Waals surface area contributed by atoms with Crippen LogP contribution >= 0.6 is 0 Å². The molecule has 1 aromatic carbocycles. The van der Waals surface area contributed by atoms with Gasteiger partial charge in [-0.25, -0.2) is 9.97 Å². The first-order valence-electron chi connectivity index (χ1n) is 11.2. The molecule has 0 N–H and O–H groups in total. The number of hydrogen-bond acceptors (Lipinski definition) is 6. The zero-order chi connectivity index (χ0) is 20.6. The molecule has 3 atom stereocenters. The zero-order valence-electron chi connectivity index (χ0n) is 17.8. The molecular weight excluding hydrogens is 380 g/mol. The highest BCUT2D eigenvalue weighted by atomic mass is 16.7. The summed E-state index contributed by atoms with van der Waals surface area (Å²) in [5.41, 5.74) is 2.10. The minimum absolute atomic E-state index is 0.0380. The van der Waals surface area contributed by atoms with E-state index in [4.69, 9.17) is 18.9 Å². The van der Waals surface area contributed by atoms with Crippen molar-refractivity contribution < 1.29 is 18.9 Å². The molecule has 3 heterocycles. The van der Waals surface area contributed by atoms with Crippen molar-refractivity contribution in [2.45, 2.75) is 77.0 Å². The van der Waals surface area contributed by atoms with E-state index in [1.165, 1.54) is 6.42 Å². The van der Waals surface area contributed by atoms with Crippen LogP contribution in [0, 0.1) is 0 Å². The second kappa shape index (κ2) is 10.8. The molecule has 6 heteroatoms. The van der Waals surface area contributed by atoms with Gasteiger partial charge in [0.15, 0.2) is 18.4 Å². The summed E-state index contributed by atoms with van der Waals surface area (Å²) in [5, 5.41) is 0. The van der Waals surface area contributed by atoms with Crippen molar-refractivity contribution in [3.05, 3.63) is 42.2 Å². The van der Waals surface area contributed by atoms with Crippen molar-refractivity contribution in [3.8, 4) is 17.1 Å². The fourth-order valence-corrected chi connectivity index (χ4v) is 3.79. The van der Waals surface area contributed by atoms with Crippen LogP contribution in [0.25, 0.3) is 11.4 Å². The molecule has 4 rings (SSSR count). The van der Waals surface area contributed by atoms with Gasteiger partial charge in [0.05, 0.1) is 12.7 Å². The highest BCUT2D eigenvalue weighted by molar-refractivity contribution is 5.55. The van der Waals surface area contributed by atoms with Crippen molar-refractivity contribution in [2.75, 3.05) is 13.2 Å². The van der Waals surface area contributed by atoms with E-state index in [-0.39, 0.29) is 18.7 Å². The molecule has 0 amide bonds. The van der Waals surface area contributed by atoms with Crippen LogP contribution in [0.15, 0.2) is 36.7 Å². The van der Waals surface area contributed by atoms with E-state index in [1.54, 1.807) is 0 Å². The van der Waals surface area contributed by atoms with Gasteiger partial charge < -0.3 is 18.9 Å². The summed E-state index contributed by atoms with van der Waals surface area (Å²) < 4.78 is 23.2. The van der Waals surface area contributed by atoms with Crippen LogP contribution in [0.3, 0.4) is 0 Å². The number of aromatic nitrogens is 2. The summed E-state index contributed by atoms with van der Waals surface area (Å²) in [7, 11) is 0. The monoisotopic (exact) mass is 412 g/mol. The average Bonchev–Trinajstić information content (AvgIpc) is 2.80. The minimum Gasteiger partial charge on any atom is -0.465 e. The molecule has 30 heavy (non-hydrogen) atoms. The SMILES string of the molecule is CC(CCc1cnc(-c2ccc(OC3CCCCO3)cc2)nc1)OC1CCCCO1. The molecule has 0 radical (unpaired) electrons. The Morgan fingerprint density at radius 3 is 2.23 bits per heavy atom. The maximum atomic E-state index is 5.99. The number of nitrogens with zero attached hydrogens (tertiary/aromatic N) is 2. The summed E-state index contributed by atoms with van der Waals surface area (Å²) in [5.74, 6) is 1.54. The van der Waals surface area contributed by atoms with Gasteiger partial charge in [0.25, 0.3) is 0 Å². The number of rotatable bonds is 8. The van der Waals surface area contributed by atoms with Gasteiger partial charge in [-0.1, -0.05) is 0 Å². The molecular formula is C24H32N2O4. The Kier molecular flexibility index (Phi) is 7.67. The molecule has 6 nitrogen and oxygen atoms in total. The first-order valence-corrected chi connectivity index (χ1v) is 11.2. The maximum absolute atomic E-state index is 5.99. The lowest BCUT2D eigenvalue weighted by molar-refractivity contribution is -0.185. The Bertz CT molecular complexity index is 754. The maximum Gasteiger partial charge on any atom is 0.199 e. The van der Waals surface area contributed by atoms with Crippen LogP contribution < -0.4 is 4.74 Å². The predicted octanol–water partition coefficient (Wildman–Crippen LogP) is 4.91. The predicted molar refractivity (Wildman–Crippen MR) is 114 cm³/mol. The fourth-order valence-electron chi connectivity index (χ4n) is 3.79. The second-order valence-electron chi connectivity index (χ2n) is 8.13. The lowest BCUT2D eigenvalue weighted by atomic mass is 10.1. The second-order valence-corrected chi connectivity index (χ2v) is 8.13. The summed E-state index contributed by atoms with van der Waals surface area (Å²) >= 11 is 0. The highest BCUT2D eigenvalue weighted by Crippen LogP contribution is 2.23. The third-order valence-corrected chi connectivity index (χ3v) is 5.58. The van der Waals surface area contributed by atoms with E-state index in [0.717, 1.165) is 80.9 Å². The first kappa shape index (κ1) is 21.2. The summed E-state index contributed by atoms with van der Waals surface area (Å²) in [6, 6.07) is 7.90. The van der Waals surface area contributed by atoms with E-state index in [1.807, 2.05) is 36.7 Å². The van der Waals surface area contributed by atoms with Crippen molar-refractivity contribution in [3.63, 3.8) is 0 Å². The van der Waals surface area contributed by atoms with Gasteiger partial charge in [0.2, 0.25) is 0 Å². The smallest absolute Gasteiger partial charge is 0.199 e. The Hall–Kier alpha value is -2.02. The van der Waals surface area contributed by atoms with E-state index in [2.05, 4.69) is 16.9 Å². The summed E-state index contributed by atoms with van der Waals surface area (Å²) in [6.45, 7) is 3.70. The zero-order valence-corrected chi connectivity index (χ0v) is 17.8. The number of ether oxygens (including phenoxy) is 4. The Labute approximate surface area is 178 Å². The van der Waals surface area contributed by atoms with Gasteiger partial charge in [-0.15, -0.1) is 0 Å². The molecule has 0 saturated carbocycles. The van der Waals surface area contributed by atoms with Crippen molar-refractivity contribution in [1.29, 1.82) is 0 Å². The average molecular weight is 413 g/mol. The van der Waals surface area contributed by atoms with Gasteiger partial charge in [-0.05, 0) is 81.7 Å². The molecule has 0 bridgehead atoms. The van der Waals surface area contributed by atoms with Gasteiger partial charge >= 0.3 is 0 Å². The number of aryl methyl sites for hydroxylation is 1. The quantitative estimate of drug-likeness (QED) is 0.614. The molecule has 2 saturated heterocycles. The van der Waals surface area contributed by atoms with E-state index in [0.29, 0.717) is 0 Å². The molecule has 162 valence electrons. The molecule has 1 aromatic heterocycles. The fraction of sp³-hybridized carbons (Fsp3) is 0.583. The Morgan fingerprint density at radius 1 is 0.933 bits per heavy atom. The van der Waals surface area contributed by atoms with Crippen molar-refractivity contribution in [2.24, 2.45) is 0 Å². The third-order valence-electron chi connectivity index (χ3n) is 5.58. The van der Waals surface area contributed by atoms with Crippen LogP contribution in [0.4, 0.5) is 0 Å². The topological polar surface area (TPSA) is 62.7 Å². The highest BCUT2D eigenvalue weighted by Gasteiger charge is 2.17. The normalized spacial score (nSPS) is 23.1. The van der Waals surface area contributed by atoms with Crippen LogP contribution in [-0.4, -0.2) is 41.9 Å². The van der Waals surface area contributed by atoms with Crippen LogP contribution in [-0.2, 0) is 20.6 Å².